The lowest BCUT2D eigenvalue weighted by atomic mass is 10.1. The van der Waals surface area contributed by atoms with E-state index in [1.165, 1.54) is 57.9 Å². The lowest BCUT2D eigenvalue weighted by molar-refractivity contribution is -0.137. The van der Waals surface area contributed by atoms with Gasteiger partial charge in [-0.05, 0) is 19.8 Å². The zero-order valence-corrected chi connectivity index (χ0v) is 16.5. The molecule has 0 aliphatic carbocycles. The minimum Gasteiger partial charge on any atom is -0.463 e. The number of esters is 1. The van der Waals surface area contributed by atoms with E-state index in [1.54, 1.807) is 12.2 Å². The molecule has 0 fully saturated rings. The Morgan fingerprint density at radius 2 is 1.23 bits per heavy atom. The highest BCUT2D eigenvalue weighted by molar-refractivity contribution is 5.82. The highest BCUT2D eigenvalue weighted by atomic mass is 16.5. The first-order chi connectivity index (χ1) is 13.2. The van der Waals surface area contributed by atoms with Crippen molar-refractivity contribution in [2.24, 2.45) is 0 Å². The van der Waals surface area contributed by atoms with E-state index < -0.39 is 12.6 Å². The summed E-state index contributed by atoms with van der Waals surface area (Å²) in [5, 5.41) is 0. The smallest absolute Gasteiger partial charge is 0.330 e. The molecule has 2 heteroatoms. The first-order valence-electron chi connectivity index (χ1n) is 10.4. The van der Waals surface area contributed by atoms with Crippen LogP contribution >= 0.6 is 0 Å². The maximum absolute atomic E-state index is 11.1. The topological polar surface area (TPSA) is 26.3 Å². The van der Waals surface area contributed by atoms with E-state index >= 15 is 0 Å². The molecular formula is C24H36O2. The number of ether oxygens (including phenoxy) is 1. The van der Waals surface area contributed by atoms with Gasteiger partial charge in [0, 0.05) is 6.08 Å². The third-order valence-corrected chi connectivity index (χ3v) is 3.58. The summed E-state index contributed by atoms with van der Waals surface area (Å²) >= 11 is 0. The van der Waals surface area contributed by atoms with Gasteiger partial charge in [-0.1, -0.05) is 112 Å². The molecule has 1 unspecified atom stereocenters. The number of carbonyl (C=O) groups is 1. The van der Waals surface area contributed by atoms with Crippen molar-refractivity contribution >= 4 is 5.97 Å². The molecule has 0 aromatic carbocycles. The monoisotopic (exact) mass is 357 g/mol. The van der Waals surface area contributed by atoms with E-state index in [2.05, 4.69) is 23.8 Å². The maximum atomic E-state index is 11.1. The van der Waals surface area contributed by atoms with Crippen LogP contribution in [0.25, 0.3) is 0 Å². The van der Waals surface area contributed by atoms with Gasteiger partial charge in [-0.3, -0.25) is 0 Å². The fourth-order valence-corrected chi connectivity index (χ4v) is 2.20. The molecule has 0 amide bonds. The number of carbonyl (C=O) groups excluding carboxylic acids is 1. The van der Waals surface area contributed by atoms with Crippen molar-refractivity contribution in [1.29, 1.82) is 0 Å². The molecule has 0 spiro atoms. The van der Waals surface area contributed by atoms with Crippen molar-refractivity contribution in [3.8, 4) is 0 Å². The highest BCUT2D eigenvalue weighted by Crippen LogP contribution is 2.08. The van der Waals surface area contributed by atoms with Crippen LogP contribution in [-0.2, 0) is 9.53 Å². The molecule has 26 heavy (non-hydrogen) atoms. The van der Waals surface area contributed by atoms with Crippen LogP contribution in [0.5, 0.6) is 0 Å². The molecule has 0 saturated heterocycles. The molecule has 0 radical (unpaired) electrons. The predicted octanol–water partition coefficient (Wildman–Crippen LogP) is 7.03. The average Bonchev–Trinajstić information content (AvgIpc) is 2.63. The van der Waals surface area contributed by atoms with Crippen molar-refractivity contribution in [2.45, 2.75) is 65.2 Å². The van der Waals surface area contributed by atoms with Gasteiger partial charge in [0.2, 0.25) is 0 Å². The van der Waals surface area contributed by atoms with Gasteiger partial charge in [0.15, 0.2) is 0 Å². The molecule has 0 aliphatic heterocycles. The van der Waals surface area contributed by atoms with E-state index in [0.29, 0.717) is 0 Å². The summed E-state index contributed by atoms with van der Waals surface area (Å²) in [5.74, 6) is -0.504. The van der Waals surface area contributed by atoms with Gasteiger partial charge in [-0.25, -0.2) is 4.79 Å². The van der Waals surface area contributed by atoms with Crippen molar-refractivity contribution in [3.05, 3.63) is 72.9 Å². The van der Waals surface area contributed by atoms with Gasteiger partial charge >= 0.3 is 5.97 Å². The van der Waals surface area contributed by atoms with E-state index in [4.69, 9.17) is 1.37 Å². The van der Waals surface area contributed by atoms with Crippen LogP contribution in [0, 0.1) is 0 Å². The molecule has 0 aliphatic rings. The molecule has 144 valence electrons. The van der Waals surface area contributed by atoms with Gasteiger partial charge in [-0.2, -0.15) is 0 Å². The molecule has 0 saturated carbocycles. The number of allylic oxidation sites excluding steroid dienone is 11. The summed E-state index contributed by atoms with van der Waals surface area (Å²) in [5.41, 5.74) is 0. The second kappa shape index (κ2) is 21.0. The number of rotatable bonds is 15. The van der Waals surface area contributed by atoms with E-state index in [1.807, 2.05) is 42.5 Å². The Morgan fingerprint density at radius 3 is 1.81 bits per heavy atom. The van der Waals surface area contributed by atoms with Gasteiger partial charge in [-0.15, -0.1) is 0 Å². The second-order valence-corrected chi connectivity index (χ2v) is 5.91. The van der Waals surface area contributed by atoms with Gasteiger partial charge in [0.05, 0.1) is 7.95 Å². The summed E-state index contributed by atoms with van der Waals surface area (Å²) in [6, 6.07) is 0. The first kappa shape index (κ1) is 22.0. The molecule has 1 atom stereocenters. The minimum atomic E-state index is -0.834. The molecule has 0 aromatic heterocycles. The summed E-state index contributed by atoms with van der Waals surface area (Å²) in [7, 11) is 0. The average molecular weight is 358 g/mol. The Labute approximate surface area is 162 Å². The molecule has 0 heterocycles. The Balaban J connectivity index is 3.68. The first-order valence-corrected chi connectivity index (χ1v) is 9.79. The zero-order chi connectivity index (χ0) is 20.0. The van der Waals surface area contributed by atoms with E-state index in [-0.39, 0.29) is 0 Å². The van der Waals surface area contributed by atoms with Crippen LogP contribution in [0.15, 0.2) is 72.9 Å². The third kappa shape index (κ3) is 20.0. The van der Waals surface area contributed by atoms with Gasteiger partial charge < -0.3 is 4.74 Å². The molecule has 0 aromatic rings. The zero-order valence-electron chi connectivity index (χ0n) is 17.5. The Morgan fingerprint density at radius 1 is 0.731 bits per heavy atom. The van der Waals surface area contributed by atoms with Crippen molar-refractivity contribution in [1.82, 2.24) is 0 Å². The molecule has 2 nitrogen and oxygen atoms in total. The summed E-state index contributed by atoms with van der Waals surface area (Å²) in [6.07, 6.45) is 33.2. The fourth-order valence-electron chi connectivity index (χ4n) is 2.20. The molecular weight excluding hydrogens is 320 g/mol. The Bertz CT molecular complexity index is 522. The Kier molecular flexibility index (Phi) is 17.7. The van der Waals surface area contributed by atoms with E-state index in [9.17, 15) is 4.79 Å². The Hall–Kier alpha value is -2.09. The van der Waals surface area contributed by atoms with Crippen molar-refractivity contribution in [3.63, 3.8) is 0 Å². The fraction of sp³-hybridized carbons (Fsp3) is 0.458. The highest BCUT2D eigenvalue weighted by Gasteiger charge is 1.89. The van der Waals surface area contributed by atoms with Gasteiger partial charge in [0.1, 0.15) is 0 Å². The SMILES string of the molecule is [2H]C(C)OC(=O)/C=C/C=C/C=C/C=C/C=C/C=C/CCCCCCCCC. The summed E-state index contributed by atoms with van der Waals surface area (Å²) in [6.45, 7) is 2.92. The molecule has 0 N–H and O–H groups in total. The summed E-state index contributed by atoms with van der Waals surface area (Å²) in [4.78, 5) is 11.1. The lowest BCUT2D eigenvalue weighted by Crippen LogP contribution is -1.98. The standard InChI is InChI=1S/C24H36O2/c1-3-5-6-7-8-9-10-11-12-13-14-15-16-17-18-19-20-21-22-23-24(25)26-4-2/h12-23H,3-11H2,1-2H3/b13-12+,15-14+,17-16+,19-18+,21-20+,23-22+/i4D. The normalized spacial score (nSPS) is 14.6. The minimum absolute atomic E-state index is 0.504. The predicted molar refractivity (Wildman–Crippen MR) is 114 cm³/mol. The lowest BCUT2D eigenvalue weighted by Gasteiger charge is -1.98. The van der Waals surface area contributed by atoms with Crippen molar-refractivity contribution in [2.75, 3.05) is 6.58 Å². The van der Waals surface area contributed by atoms with Crippen LogP contribution in [-0.4, -0.2) is 12.6 Å². The number of unbranched alkanes of at least 4 members (excludes halogenated alkanes) is 7. The van der Waals surface area contributed by atoms with Gasteiger partial charge in [0.25, 0.3) is 0 Å². The maximum Gasteiger partial charge on any atom is 0.330 e. The van der Waals surface area contributed by atoms with Crippen LogP contribution in [0.4, 0.5) is 0 Å². The summed E-state index contributed by atoms with van der Waals surface area (Å²) < 4.78 is 11.8. The van der Waals surface area contributed by atoms with Crippen LogP contribution < -0.4 is 0 Å². The largest absolute Gasteiger partial charge is 0.463 e. The van der Waals surface area contributed by atoms with Crippen molar-refractivity contribution < 1.29 is 10.9 Å². The van der Waals surface area contributed by atoms with Crippen LogP contribution in [0.3, 0.4) is 0 Å². The number of hydrogen-bond acceptors (Lipinski definition) is 2. The van der Waals surface area contributed by atoms with Crippen LogP contribution in [0.1, 0.15) is 66.6 Å². The molecule has 0 rings (SSSR count). The third-order valence-electron chi connectivity index (χ3n) is 3.58. The van der Waals surface area contributed by atoms with E-state index in [0.717, 1.165) is 6.42 Å². The quantitative estimate of drug-likeness (QED) is 0.136. The second-order valence-electron chi connectivity index (χ2n) is 5.91. The van der Waals surface area contributed by atoms with Crippen LogP contribution in [0.2, 0.25) is 0 Å². The molecule has 0 bridgehead atoms. The number of hydrogen-bond donors (Lipinski definition) is 0.